The summed E-state index contributed by atoms with van der Waals surface area (Å²) in [7, 11) is 0. The molecule has 0 aliphatic carbocycles. The Morgan fingerprint density at radius 3 is 1.98 bits per heavy atom. The van der Waals surface area contributed by atoms with Crippen LogP contribution in [0.2, 0.25) is 0 Å². The number of esters is 3. The molecule has 258 valence electrons. The van der Waals surface area contributed by atoms with Crippen LogP contribution in [-0.4, -0.2) is 48.2 Å². The molecule has 0 saturated carbocycles. The number of halogens is 3. The predicted octanol–water partition coefficient (Wildman–Crippen LogP) is 6.12. The van der Waals surface area contributed by atoms with Crippen molar-refractivity contribution < 1.29 is 51.0 Å². The van der Waals surface area contributed by atoms with Gasteiger partial charge >= 0.3 is 29.8 Å². The second kappa shape index (κ2) is 14.6. The number of alkyl halides is 3. The largest absolute Gasteiger partial charge is 0.465 e. The predicted molar refractivity (Wildman–Crippen MR) is 173 cm³/mol. The fourth-order valence-electron chi connectivity index (χ4n) is 5.40. The number of benzene rings is 4. The lowest BCUT2D eigenvalue weighted by molar-refractivity contribution is -0.170. The van der Waals surface area contributed by atoms with Crippen LogP contribution in [0.5, 0.6) is 0 Å². The van der Waals surface area contributed by atoms with Crippen LogP contribution in [-0.2, 0) is 46.6 Å². The highest BCUT2D eigenvalue weighted by molar-refractivity contribution is 6.07. The topological polar surface area (TPSA) is 131 Å². The number of carbonyl (C=O) groups is 4. The lowest BCUT2D eigenvalue weighted by Gasteiger charge is -2.29. The van der Waals surface area contributed by atoms with Gasteiger partial charge in [0.15, 0.2) is 5.58 Å². The quantitative estimate of drug-likeness (QED) is 0.0915. The van der Waals surface area contributed by atoms with E-state index in [2.05, 4.69) is 0 Å². The van der Waals surface area contributed by atoms with Crippen molar-refractivity contribution in [1.82, 2.24) is 4.57 Å². The average molecular weight is 690 g/mol. The number of ether oxygens (including phenoxy) is 3. The molecule has 4 aromatic carbocycles. The smallest absolute Gasteiger partial charge is 0.427 e. The van der Waals surface area contributed by atoms with Crippen LogP contribution in [0.25, 0.3) is 22.2 Å². The summed E-state index contributed by atoms with van der Waals surface area (Å²) in [5, 5.41) is 0. The molecule has 0 N–H and O–H groups in total. The summed E-state index contributed by atoms with van der Waals surface area (Å²) in [6, 6.07) is 22.6. The van der Waals surface area contributed by atoms with Crippen LogP contribution < -0.4 is 5.76 Å². The van der Waals surface area contributed by atoms with E-state index in [9.17, 15) is 37.1 Å². The zero-order chi connectivity index (χ0) is 36.1. The Hall–Kier alpha value is -5.98. The van der Waals surface area contributed by atoms with Crippen molar-refractivity contribution in [2.24, 2.45) is 0 Å². The molecule has 0 aliphatic rings. The van der Waals surface area contributed by atoms with Gasteiger partial charge in [-0.1, -0.05) is 66.7 Å². The minimum atomic E-state index is -4.54. The number of fused-ring (bicyclic) bond motifs is 1. The van der Waals surface area contributed by atoms with Crippen LogP contribution in [0.4, 0.5) is 13.2 Å². The van der Waals surface area contributed by atoms with Crippen molar-refractivity contribution in [1.29, 1.82) is 0 Å². The van der Waals surface area contributed by atoms with Crippen molar-refractivity contribution in [2.75, 3.05) is 19.8 Å². The molecule has 0 aliphatic heterocycles. The Bertz CT molecular complexity index is 2080. The normalized spacial score (nSPS) is 11.6. The van der Waals surface area contributed by atoms with Gasteiger partial charge in [-0.2, -0.15) is 13.2 Å². The van der Waals surface area contributed by atoms with E-state index in [1.165, 1.54) is 48.5 Å². The lowest BCUT2D eigenvalue weighted by Crippen LogP contribution is -2.50. The summed E-state index contributed by atoms with van der Waals surface area (Å²) in [5.74, 6) is -4.55. The van der Waals surface area contributed by atoms with Crippen LogP contribution in [0, 0.1) is 0 Å². The minimum absolute atomic E-state index is 0.0302. The van der Waals surface area contributed by atoms with E-state index in [0.717, 1.165) is 16.7 Å². The average Bonchev–Trinajstić information content (AvgIpc) is 3.43. The maximum Gasteiger partial charge on any atom is 0.427 e. The maximum absolute atomic E-state index is 13.7. The molecule has 0 atom stereocenters. The minimum Gasteiger partial charge on any atom is -0.465 e. The first-order valence-electron chi connectivity index (χ1n) is 15.4. The van der Waals surface area contributed by atoms with Crippen molar-refractivity contribution >= 4 is 34.9 Å². The van der Waals surface area contributed by atoms with Gasteiger partial charge in [0.05, 0.1) is 30.7 Å². The van der Waals surface area contributed by atoms with E-state index in [1.54, 1.807) is 50.2 Å². The molecule has 0 saturated heterocycles. The van der Waals surface area contributed by atoms with Crippen LogP contribution >= 0.6 is 0 Å². The number of oxazole rings is 1. The summed E-state index contributed by atoms with van der Waals surface area (Å²) in [6.45, 7) is 2.33. The summed E-state index contributed by atoms with van der Waals surface area (Å²) in [4.78, 5) is 66.1. The van der Waals surface area contributed by atoms with Crippen molar-refractivity contribution in [3.8, 4) is 11.1 Å². The zero-order valence-corrected chi connectivity index (χ0v) is 26.8. The van der Waals surface area contributed by atoms with Crippen LogP contribution in [0.3, 0.4) is 0 Å². The Morgan fingerprint density at radius 2 is 1.36 bits per heavy atom. The molecule has 1 aromatic heterocycles. The molecule has 0 radical (unpaired) electrons. The Morgan fingerprint density at radius 1 is 0.740 bits per heavy atom. The fraction of sp³-hybridized carbons (Fsp3) is 0.216. The molecule has 13 heteroatoms. The molecule has 5 aromatic rings. The van der Waals surface area contributed by atoms with E-state index in [0.29, 0.717) is 16.7 Å². The molecule has 1 heterocycles. The van der Waals surface area contributed by atoms with E-state index < -0.39 is 53.3 Å². The molecular weight excluding hydrogens is 659 g/mol. The lowest BCUT2D eigenvalue weighted by atomic mass is 9.81. The van der Waals surface area contributed by atoms with E-state index >= 15 is 0 Å². The summed E-state index contributed by atoms with van der Waals surface area (Å²) in [5.41, 5.74) is -1.71. The maximum atomic E-state index is 13.7. The van der Waals surface area contributed by atoms with E-state index in [-0.39, 0.29) is 41.9 Å². The second-order valence-electron chi connectivity index (χ2n) is 11.0. The first kappa shape index (κ1) is 35.3. The number of nitrogens with zero attached hydrogens (tertiary/aromatic N) is 1. The van der Waals surface area contributed by atoms with Crippen molar-refractivity contribution in [3.05, 3.63) is 130 Å². The number of hydrogen-bond donors (Lipinski definition) is 0. The molecule has 0 spiro atoms. The van der Waals surface area contributed by atoms with E-state index in [1.807, 2.05) is 0 Å². The Kier molecular flexibility index (Phi) is 10.3. The van der Waals surface area contributed by atoms with Gasteiger partial charge in [0.1, 0.15) is 6.61 Å². The molecular formula is C37H30F3NO9. The van der Waals surface area contributed by atoms with Gasteiger partial charge in [-0.15, -0.1) is 0 Å². The molecule has 50 heavy (non-hydrogen) atoms. The second-order valence-corrected chi connectivity index (χ2v) is 11.0. The van der Waals surface area contributed by atoms with Gasteiger partial charge in [0, 0.05) is 5.56 Å². The van der Waals surface area contributed by atoms with Crippen molar-refractivity contribution in [3.63, 3.8) is 0 Å². The number of hydrogen-bond acceptors (Lipinski definition) is 9. The van der Waals surface area contributed by atoms with Crippen molar-refractivity contribution in [2.45, 2.75) is 31.9 Å². The van der Waals surface area contributed by atoms with Gasteiger partial charge in [-0.3, -0.25) is 19.2 Å². The zero-order valence-electron chi connectivity index (χ0n) is 26.8. The summed E-state index contributed by atoms with van der Waals surface area (Å²) >= 11 is 0. The first-order valence-corrected chi connectivity index (χ1v) is 15.4. The molecule has 0 fully saturated rings. The van der Waals surface area contributed by atoms with E-state index in [4.69, 9.17) is 18.6 Å². The van der Waals surface area contributed by atoms with Gasteiger partial charge in [-0.25, -0.2) is 9.36 Å². The monoisotopic (exact) mass is 689 g/mol. The first-order chi connectivity index (χ1) is 23.9. The molecule has 5 rings (SSSR count). The number of carbonyl (C=O) groups excluding carboxylic acids is 4. The molecule has 0 bridgehead atoms. The van der Waals surface area contributed by atoms with Gasteiger partial charge in [0.2, 0.25) is 5.41 Å². The Balaban J connectivity index is 1.39. The highest BCUT2D eigenvalue weighted by Gasteiger charge is 2.52. The van der Waals surface area contributed by atoms with Crippen LogP contribution in [0.15, 0.2) is 106 Å². The summed E-state index contributed by atoms with van der Waals surface area (Å²) < 4.78 is 61.3. The third-order valence-electron chi connectivity index (χ3n) is 7.84. The fourth-order valence-corrected chi connectivity index (χ4v) is 5.40. The molecule has 10 nitrogen and oxygen atoms in total. The van der Waals surface area contributed by atoms with Gasteiger partial charge < -0.3 is 18.6 Å². The Labute approximate surface area is 283 Å². The van der Waals surface area contributed by atoms with Gasteiger partial charge in [0.25, 0.3) is 5.91 Å². The highest BCUT2D eigenvalue weighted by atomic mass is 19.4. The third kappa shape index (κ3) is 7.07. The highest BCUT2D eigenvalue weighted by Crippen LogP contribution is 2.33. The number of aromatic nitrogens is 1. The molecule has 0 unspecified atom stereocenters. The summed E-state index contributed by atoms with van der Waals surface area (Å²) in [6.07, 6.45) is -4.91. The standard InChI is InChI=1S/C37H30F3NO9/c1-3-47-33(44)36(34(45)48-4-2,25-10-6-5-7-11-25)22-49-31(42)21-23-14-19-29-30(20-23)50-35(46)41(29)32(43)28-13-9-8-12-27(28)24-15-17-26(18-16-24)37(38,39)40/h5-20H,3-4,21-22H2,1-2H3. The third-order valence-corrected chi connectivity index (χ3v) is 7.84. The SMILES string of the molecule is CCOC(=O)C(COC(=O)Cc1ccc2c(c1)oc(=O)n2C(=O)c1ccccc1-c1ccc(C(F)(F)F)cc1)(C(=O)OCC)c1ccccc1. The van der Waals surface area contributed by atoms with Gasteiger partial charge in [-0.05, 0) is 66.4 Å². The van der Waals surface area contributed by atoms with Crippen LogP contribution in [0.1, 0.15) is 40.9 Å². The molecule has 0 amide bonds. The number of rotatable bonds is 11.